The van der Waals surface area contributed by atoms with Crippen LogP contribution in [-0.4, -0.2) is 68.0 Å². The lowest BCUT2D eigenvalue weighted by Crippen LogP contribution is -2.52. The van der Waals surface area contributed by atoms with Gasteiger partial charge in [0, 0.05) is 26.2 Å². The van der Waals surface area contributed by atoms with E-state index in [0.29, 0.717) is 26.2 Å². The number of tetrazole rings is 1. The summed E-state index contributed by atoms with van der Waals surface area (Å²) in [5.41, 5.74) is 1.07. The van der Waals surface area contributed by atoms with Gasteiger partial charge in [-0.25, -0.2) is 4.68 Å². The van der Waals surface area contributed by atoms with E-state index in [2.05, 4.69) is 22.4 Å². The van der Waals surface area contributed by atoms with E-state index in [1.165, 1.54) is 11.0 Å². The lowest BCUT2D eigenvalue weighted by atomic mass is 9.93. The molecule has 8 heteroatoms. The fourth-order valence-corrected chi connectivity index (χ4v) is 3.29. The molecule has 1 fully saturated rings. The van der Waals surface area contributed by atoms with Gasteiger partial charge in [-0.2, -0.15) is 0 Å². The minimum atomic E-state index is -0.107. The Labute approximate surface area is 152 Å². The monoisotopic (exact) mass is 356 g/mol. The molecule has 2 amide bonds. The molecule has 1 atom stereocenters. The highest BCUT2D eigenvalue weighted by Gasteiger charge is 2.29. The van der Waals surface area contributed by atoms with Crippen LogP contribution < -0.4 is 0 Å². The number of carbonyl (C=O) groups is 2. The number of amides is 2. The maximum Gasteiger partial charge on any atom is 0.244 e. The Kier molecular flexibility index (Phi) is 5.93. The molecule has 0 spiro atoms. The number of rotatable bonds is 6. The van der Waals surface area contributed by atoms with Crippen molar-refractivity contribution in [1.82, 2.24) is 30.0 Å². The Morgan fingerprint density at radius 3 is 2.38 bits per heavy atom. The molecular formula is C18H24N6O2. The average Bonchev–Trinajstić information content (AvgIpc) is 3.19. The predicted octanol–water partition coefficient (Wildman–Crippen LogP) is 0.928. The van der Waals surface area contributed by atoms with Crippen LogP contribution in [0.3, 0.4) is 0 Å². The first-order chi connectivity index (χ1) is 12.7. The molecule has 1 aliphatic rings. The van der Waals surface area contributed by atoms with E-state index in [1.807, 2.05) is 35.2 Å². The predicted molar refractivity (Wildman–Crippen MR) is 95.1 cm³/mol. The summed E-state index contributed by atoms with van der Waals surface area (Å²) in [5.74, 6) is 0.0212. The van der Waals surface area contributed by atoms with Gasteiger partial charge in [0.05, 0.1) is 5.92 Å². The van der Waals surface area contributed by atoms with Crippen LogP contribution in [0.25, 0.3) is 0 Å². The van der Waals surface area contributed by atoms with Crippen molar-refractivity contribution >= 4 is 11.8 Å². The molecule has 1 aliphatic heterocycles. The van der Waals surface area contributed by atoms with E-state index in [1.54, 1.807) is 4.90 Å². The number of hydrogen-bond donors (Lipinski definition) is 0. The molecule has 0 aliphatic carbocycles. The van der Waals surface area contributed by atoms with Crippen LogP contribution >= 0.6 is 0 Å². The fraction of sp³-hybridized carbons (Fsp3) is 0.500. The normalized spacial score (nSPS) is 15.7. The first-order valence-electron chi connectivity index (χ1n) is 9.01. The molecule has 1 saturated heterocycles. The third-order valence-electron chi connectivity index (χ3n) is 4.71. The SMILES string of the molecule is CCCC(C(=O)N1CCN(C(=O)Cn2cnnn2)CC1)c1ccccc1. The Bertz CT molecular complexity index is 711. The molecule has 138 valence electrons. The maximum absolute atomic E-state index is 13.0. The molecule has 0 bridgehead atoms. The highest BCUT2D eigenvalue weighted by Crippen LogP contribution is 2.24. The van der Waals surface area contributed by atoms with E-state index in [9.17, 15) is 9.59 Å². The zero-order valence-corrected chi connectivity index (χ0v) is 15.0. The van der Waals surface area contributed by atoms with Crippen LogP contribution in [0, 0.1) is 0 Å². The fourth-order valence-electron chi connectivity index (χ4n) is 3.29. The summed E-state index contributed by atoms with van der Waals surface area (Å²) in [6, 6.07) is 9.95. The number of hydrogen-bond acceptors (Lipinski definition) is 5. The quantitative estimate of drug-likeness (QED) is 0.769. The highest BCUT2D eigenvalue weighted by molar-refractivity contribution is 5.84. The maximum atomic E-state index is 13.0. The van der Waals surface area contributed by atoms with Crippen molar-refractivity contribution < 1.29 is 9.59 Å². The molecule has 3 rings (SSSR count). The molecule has 1 aromatic heterocycles. The van der Waals surface area contributed by atoms with Crippen LogP contribution in [0.1, 0.15) is 31.2 Å². The van der Waals surface area contributed by atoms with Crippen molar-refractivity contribution in [2.24, 2.45) is 0 Å². The number of aromatic nitrogens is 4. The molecule has 8 nitrogen and oxygen atoms in total. The summed E-state index contributed by atoms with van der Waals surface area (Å²) < 4.78 is 1.41. The van der Waals surface area contributed by atoms with Crippen LogP contribution in [0.4, 0.5) is 0 Å². The summed E-state index contributed by atoms with van der Waals surface area (Å²) in [6.07, 6.45) is 3.21. The first kappa shape index (κ1) is 18.0. The zero-order valence-electron chi connectivity index (χ0n) is 15.0. The van der Waals surface area contributed by atoms with Gasteiger partial charge in [-0.15, -0.1) is 5.10 Å². The van der Waals surface area contributed by atoms with Gasteiger partial charge in [0.2, 0.25) is 11.8 Å². The van der Waals surface area contributed by atoms with Crippen LogP contribution in [0.2, 0.25) is 0 Å². The van der Waals surface area contributed by atoms with E-state index in [-0.39, 0.29) is 24.3 Å². The summed E-state index contributed by atoms with van der Waals surface area (Å²) in [4.78, 5) is 29.0. The highest BCUT2D eigenvalue weighted by atomic mass is 16.2. The van der Waals surface area contributed by atoms with Gasteiger partial charge >= 0.3 is 0 Å². The van der Waals surface area contributed by atoms with Gasteiger partial charge in [0.15, 0.2) is 0 Å². The van der Waals surface area contributed by atoms with Gasteiger partial charge < -0.3 is 9.80 Å². The molecule has 2 aromatic rings. The summed E-state index contributed by atoms with van der Waals surface area (Å²) in [6.45, 7) is 4.43. The summed E-state index contributed by atoms with van der Waals surface area (Å²) >= 11 is 0. The topological polar surface area (TPSA) is 84.2 Å². The van der Waals surface area contributed by atoms with E-state index < -0.39 is 0 Å². The lowest BCUT2D eigenvalue weighted by molar-refractivity contribution is -0.141. The second-order valence-corrected chi connectivity index (χ2v) is 6.47. The second kappa shape index (κ2) is 8.55. The Balaban J connectivity index is 1.57. The minimum Gasteiger partial charge on any atom is -0.339 e. The molecule has 0 N–H and O–H groups in total. The number of carbonyl (C=O) groups excluding carboxylic acids is 2. The third-order valence-corrected chi connectivity index (χ3v) is 4.71. The van der Waals surface area contributed by atoms with Crippen molar-refractivity contribution in [1.29, 1.82) is 0 Å². The second-order valence-electron chi connectivity index (χ2n) is 6.47. The lowest BCUT2D eigenvalue weighted by Gasteiger charge is -2.36. The molecular weight excluding hydrogens is 332 g/mol. The van der Waals surface area contributed by atoms with Gasteiger partial charge in [0.25, 0.3) is 0 Å². The standard InChI is InChI=1S/C18H24N6O2/c1-2-6-16(15-7-4-3-5-8-15)18(26)23-11-9-22(10-12-23)17(25)13-24-14-19-20-21-24/h3-5,7-8,14,16H,2,6,9-13H2,1H3. The molecule has 1 aromatic carbocycles. The first-order valence-corrected chi connectivity index (χ1v) is 9.01. The van der Waals surface area contributed by atoms with Crippen LogP contribution in [-0.2, 0) is 16.1 Å². The van der Waals surface area contributed by atoms with E-state index in [0.717, 1.165) is 18.4 Å². The molecule has 2 heterocycles. The average molecular weight is 356 g/mol. The van der Waals surface area contributed by atoms with Gasteiger partial charge in [-0.3, -0.25) is 9.59 Å². The molecule has 0 saturated carbocycles. The van der Waals surface area contributed by atoms with Crippen molar-refractivity contribution in [3.8, 4) is 0 Å². The van der Waals surface area contributed by atoms with E-state index >= 15 is 0 Å². The minimum absolute atomic E-state index is 0.0300. The van der Waals surface area contributed by atoms with Gasteiger partial charge in [0.1, 0.15) is 12.9 Å². The summed E-state index contributed by atoms with van der Waals surface area (Å²) in [5, 5.41) is 10.8. The molecule has 0 radical (unpaired) electrons. The van der Waals surface area contributed by atoms with Crippen molar-refractivity contribution in [2.75, 3.05) is 26.2 Å². The van der Waals surface area contributed by atoms with E-state index in [4.69, 9.17) is 0 Å². The number of piperazine rings is 1. The zero-order chi connectivity index (χ0) is 18.4. The van der Waals surface area contributed by atoms with Gasteiger partial charge in [-0.1, -0.05) is 43.7 Å². The Morgan fingerprint density at radius 2 is 1.77 bits per heavy atom. The molecule has 1 unspecified atom stereocenters. The number of benzene rings is 1. The third kappa shape index (κ3) is 4.25. The Morgan fingerprint density at radius 1 is 1.08 bits per heavy atom. The number of nitrogens with zero attached hydrogens (tertiary/aromatic N) is 6. The van der Waals surface area contributed by atoms with Gasteiger partial charge in [-0.05, 0) is 22.4 Å². The van der Waals surface area contributed by atoms with Crippen LogP contribution in [0.5, 0.6) is 0 Å². The summed E-state index contributed by atoms with van der Waals surface area (Å²) in [7, 11) is 0. The molecule has 26 heavy (non-hydrogen) atoms. The van der Waals surface area contributed by atoms with Crippen LogP contribution in [0.15, 0.2) is 36.7 Å². The van der Waals surface area contributed by atoms with Crippen molar-refractivity contribution in [2.45, 2.75) is 32.2 Å². The Hall–Kier alpha value is -2.77. The largest absolute Gasteiger partial charge is 0.339 e. The van der Waals surface area contributed by atoms with Crippen molar-refractivity contribution in [3.05, 3.63) is 42.2 Å². The van der Waals surface area contributed by atoms with Crippen molar-refractivity contribution in [3.63, 3.8) is 0 Å². The smallest absolute Gasteiger partial charge is 0.244 e.